The number of esters is 1. The Bertz CT molecular complexity index is 1230. The van der Waals surface area contributed by atoms with Gasteiger partial charge >= 0.3 is 5.97 Å². The average molecular weight is 531 g/mol. The minimum absolute atomic E-state index is 0.200. The predicted molar refractivity (Wildman–Crippen MR) is 152 cm³/mol. The monoisotopic (exact) mass is 530 g/mol. The molecule has 2 rings (SSSR count). The highest BCUT2D eigenvalue weighted by atomic mass is 16.6. The summed E-state index contributed by atoms with van der Waals surface area (Å²) in [4.78, 5) is 11.5. The molecule has 0 saturated heterocycles. The smallest absolute Gasteiger partial charge is 0.344 e. The molecule has 0 aromatic heterocycles. The molecule has 0 aliphatic rings. The predicted octanol–water partition coefficient (Wildman–Crippen LogP) is 6.74. The van der Waals surface area contributed by atoms with Gasteiger partial charge in [-0.1, -0.05) is 24.3 Å². The highest BCUT2D eigenvalue weighted by molar-refractivity contribution is 5.71. The van der Waals surface area contributed by atoms with E-state index in [4.69, 9.17) is 18.9 Å². The van der Waals surface area contributed by atoms with Crippen LogP contribution in [-0.4, -0.2) is 39.5 Å². The minimum Gasteiger partial charge on any atom is -0.493 e. The Morgan fingerprint density at radius 3 is 2.13 bits per heavy atom. The fourth-order valence-electron chi connectivity index (χ4n) is 3.80. The van der Waals surface area contributed by atoms with E-state index < -0.39 is 5.97 Å². The number of carbonyl (C=O) groups excluding carboxylic acids is 1. The van der Waals surface area contributed by atoms with Crippen molar-refractivity contribution in [2.45, 2.75) is 52.9 Å². The van der Waals surface area contributed by atoms with Crippen LogP contribution in [0.15, 0.2) is 47.5 Å². The maximum absolute atomic E-state index is 11.5. The Hall–Kier alpha value is -4.07. The van der Waals surface area contributed by atoms with Gasteiger partial charge in [0.15, 0.2) is 18.1 Å². The molecule has 0 aliphatic carbocycles. The largest absolute Gasteiger partial charge is 0.493 e. The van der Waals surface area contributed by atoms with E-state index in [1.807, 2.05) is 24.3 Å². The molecule has 2 aromatic carbocycles. The van der Waals surface area contributed by atoms with Crippen molar-refractivity contribution in [2.75, 3.05) is 33.5 Å². The van der Waals surface area contributed by atoms with Crippen LogP contribution in [-0.2, 0) is 14.3 Å². The number of benzene rings is 2. The lowest BCUT2D eigenvalue weighted by Gasteiger charge is -2.11. The van der Waals surface area contributed by atoms with Crippen LogP contribution in [0.2, 0.25) is 0 Å². The van der Waals surface area contributed by atoms with Gasteiger partial charge in [-0.25, -0.2) is 4.79 Å². The molecule has 206 valence electrons. The summed E-state index contributed by atoms with van der Waals surface area (Å²) in [6.45, 7) is 7.19. The van der Waals surface area contributed by atoms with Gasteiger partial charge in [-0.2, -0.15) is 10.5 Å². The van der Waals surface area contributed by atoms with E-state index in [9.17, 15) is 15.3 Å². The van der Waals surface area contributed by atoms with Crippen molar-refractivity contribution in [2.24, 2.45) is 0 Å². The zero-order valence-electron chi connectivity index (χ0n) is 23.4. The first-order valence-corrected chi connectivity index (χ1v) is 13.2. The Morgan fingerprint density at radius 1 is 0.846 bits per heavy atom. The standard InChI is InChI=1S/C32H38N2O5/c1-5-38-32(35)23-39-30-14-13-27(20-31(30)36-4)19-28(21-33)9-6-7-15-37-16-8-10-29(22-34)18-26-12-11-24(2)25(3)17-26/h11-14,17-20H,5-10,15-16,23H2,1-4H3. The number of nitriles is 2. The number of aryl methyl sites for hydroxylation is 2. The fraction of sp³-hybridized carbons (Fsp3) is 0.406. The van der Waals surface area contributed by atoms with Gasteiger partial charge < -0.3 is 18.9 Å². The molecule has 0 fully saturated rings. The molecule has 0 radical (unpaired) electrons. The van der Waals surface area contributed by atoms with Crippen molar-refractivity contribution in [3.8, 4) is 23.6 Å². The van der Waals surface area contributed by atoms with Crippen LogP contribution >= 0.6 is 0 Å². The fourth-order valence-corrected chi connectivity index (χ4v) is 3.80. The van der Waals surface area contributed by atoms with Crippen LogP contribution in [0.5, 0.6) is 11.5 Å². The van der Waals surface area contributed by atoms with E-state index in [0.29, 0.717) is 49.7 Å². The van der Waals surface area contributed by atoms with Crippen LogP contribution in [0.25, 0.3) is 12.2 Å². The molecule has 0 unspecified atom stereocenters. The third-order valence-electron chi connectivity index (χ3n) is 6.06. The third-order valence-corrected chi connectivity index (χ3v) is 6.06. The molecule has 0 heterocycles. The van der Waals surface area contributed by atoms with Crippen molar-refractivity contribution in [1.82, 2.24) is 0 Å². The third kappa shape index (κ3) is 11.5. The topological polar surface area (TPSA) is 102 Å². The SMILES string of the molecule is CCOC(=O)COc1ccc(C=C(C#N)CCCCOCCCC(C#N)=Cc2ccc(C)c(C)c2)cc1OC. The van der Waals surface area contributed by atoms with Crippen LogP contribution in [0.1, 0.15) is 61.3 Å². The van der Waals surface area contributed by atoms with Crippen LogP contribution in [0.3, 0.4) is 0 Å². The second-order valence-electron chi connectivity index (χ2n) is 9.08. The van der Waals surface area contributed by atoms with E-state index in [0.717, 1.165) is 36.0 Å². The molecule has 2 aromatic rings. The Balaban J connectivity index is 1.73. The number of ether oxygens (including phenoxy) is 4. The highest BCUT2D eigenvalue weighted by Crippen LogP contribution is 2.29. The molecule has 0 atom stereocenters. The maximum Gasteiger partial charge on any atom is 0.344 e. The number of methoxy groups -OCH3 is 1. The van der Waals surface area contributed by atoms with Crippen LogP contribution < -0.4 is 9.47 Å². The first-order valence-electron chi connectivity index (χ1n) is 13.2. The molecule has 0 N–H and O–H groups in total. The van der Waals surface area contributed by atoms with E-state index in [1.165, 1.54) is 18.2 Å². The van der Waals surface area contributed by atoms with Crippen molar-refractivity contribution >= 4 is 18.1 Å². The first-order chi connectivity index (χ1) is 18.9. The lowest BCUT2D eigenvalue weighted by Crippen LogP contribution is -2.14. The second kappa shape index (κ2) is 17.4. The van der Waals surface area contributed by atoms with Gasteiger partial charge in [0.25, 0.3) is 0 Å². The molecular formula is C32H38N2O5. The van der Waals surface area contributed by atoms with Crippen LogP contribution in [0, 0.1) is 36.5 Å². The van der Waals surface area contributed by atoms with E-state index in [2.05, 4.69) is 38.1 Å². The Kier molecular flexibility index (Phi) is 13.9. The van der Waals surface area contributed by atoms with Crippen molar-refractivity contribution < 1.29 is 23.7 Å². The van der Waals surface area contributed by atoms with Gasteiger partial charge in [-0.15, -0.1) is 0 Å². The molecule has 0 aliphatic heterocycles. The molecular weight excluding hydrogens is 492 g/mol. The highest BCUT2D eigenvalue weighted by Gasteiger charge is 2.09. The van der Waals surface area contributed by atoms with Gasteiger partial charge in [0.1, 0.15) is 0 Å². The van der Waals surface area contributed by atoms with Gasteiger partial charge in [0.05, 0.1) is 25.9 Å². The Morgan fingerprint density at radius 2 is 1.49 bits per heavy atom. The number of allylic oxidation sites excluding steroid dienone is 2. The van der Waals surface area contributed by atoms with E-state index in [1.54, 1.807) is 19.1 Å². The molecule has 7 nitrogen and oxygen atoms in total. The zero-order valence-corrected chi connectivity index (χ0v) is 23.4. The molecule has 0 spiro atoms. The summed E-state index contributed by atoms with van der Waals surface area (Å²) in [6, 6.07) is 16.1. The summed E-state index contributed by atoms with van der Waals surface area (Å²) in [6.07, 6.45) is 7.54. The lowest BCUT2D eigenvalue weighted by atomic mass is 10.0. The second-order valence-corrected chi connectivity index (χ2v) is 9.08. The van der Waals surface area contributed by atoms with Gasteiger partial charge in [0, 0.05) is 24.4 Å². The molecule has 0 bridgehead atoms. The first kappa shape index (κ1) is 31.1. The quantitative estimate of drug-likeness (QED) is 0.135. The molecule has 39 heavy (non-hydrogen) atoms. The number of unbranched alkanes of at least 4 members (excludes halogenated alkanes) is 1. The van der Waals surface area contributed by atoms with E-state index in [-0.39, 0.29) is 6.61 Å². The summed E-state index contributed by atoms with van der Waals surface area (Å²) < 4.78 is 21.5. The maximum atomic E-state index is 11.5. The number of hydrogen-bond donors (Lipinski definition) is 0. The lowest BCUT2D eigenvalue weighted by molar-refractivity contribution is -0.145. The number of carbonyl (C=O) groups is 1. The summed E-state index contributed by atoms with van der Waals surface area (Å²) in [7, 11) is 1.52. The Labute approximate surface area is 232 Å². The number of rotatable bonds is 16. The normalized spacial score (nSPS) is 11.4. The van der Waals surface area contributed by atoms with Crippen molar-refractivity contribution in [3.05, 3.63) is 69.8 Å². The molecule has 0 saturated carbocycles. The van der Waals surface area contributed by atoms with Crippen LogP contribution in [0.4, 0.5) is 0 Å². The van der Waals surface area contributed by atoms with E-state index >= 15 is 0 Å². The summed E-state index contributed by atoms with van der Waals surface area (Å²) in [5, 5.41) is 19.0. The summed E-state index contributed by atoms with van der Waals surface area (Å²) in [5.74, 6) is 0.458. The summed E-state index contributed by atoms with van der Waals surface area (Å²) in [5.41, 5.74) is 5.73. The summed E-state index contributed by atoms with van der Waals surface area (Å²) >= 11 is 0. The average Bonchev–Trinajstić information content (AvgIpc) is 2.94. The van der Waals surface area contributed by atoms with Gasteiger partial charge in [-0.05, 0) is 99.4 Å². The number of hydrogen-bond acceptors (Lipinski definition) is 7. The number of nitrogens with zero attached hydrogens (tertiary/aromatic N) is 2. The minimum atomic E-state index is -0.448. The van der Waals surface area contributed by atoms with Gasteiger partial charge in [0.2, 0.25) is 0 Å². The van der Waals surface area contributed by atoms with Gasteiger partial charge in [-0.3, -0.25) is 0 Å². The van der Waals surface area contributed by atoms with Crippen molar-refractivity contribution in [1.29, 1.82) is 10.5 Å². The zero-order chi connectivity index (χ0) is 28.5. The molecule has 0 amide bonds. The molecule has 7 heteroatoms. The van der Waals surface area contributed by atoms with Crippen molar-refractivity contribution in [3.63, 3.8) is 0 Å².